The largest absolute Gasteiger partial charge is 0.225 e. The molecule has 50 valence electrons. The minimum atomic E-state index is -0.130. The van der Waals surface area contributed by atoms with Crippen LogP contribution >= 0.6 is 0 Å². The van der Waals surface area contributed by atoms with Crippen molar-refractivity contribution >= 4 is 0 Å². The summed E-state index contributed by atoms with van der Waals surface area (Å²) in [5.41, 5.74) is -0.260. The monoisotopic (exact) mass is 126 g/mol. The lowest BCUT2D eigenvalue weighted by Crippen LogP contribution is -2.17. The van der Waals surface area contributed by atoms with Gasteiger partial charge in [0.15, 0.2) is 0 Å². The van der Waals surface area contributed by atoms with Crippen LogP contribution in [0.1, 0.15) is 20.3 Å². The fraction of sp³-hybridized carbons (Fsp3) is 0.714. The van der Waals surface area contributed by atoms with Crippen LogP contribution in [0.4, 0.5) is 0 Å². The summed E-state index contributed by atoms with van der Waals surface area (Å²) >= 11 is 0. The highest BCUT2D eigenvalue weighted by Gasteiger charge is 2.48. The van der Waals surface area contributed by atoms with Crippen molar-refractivity contribution in [2.24, 2.45) is 0 Å². The van der Waals surface area contributed by atoms with Crippen LogP contribution in [0.5, 0.6) is 0 Å². The first-order valence-electron chi connectivity index (χ1n) is 3.19. The van der Waals surface area contributed by atoms with E-state index in [1.165, 1.54) is 0 Å². The number of hydrogen-bond donors (Lipinski definition) is 0. The Morgan fingerprint density at radius 1 is 1.11 bits per heavy atom. The zero-order valence-corrected chi connectivity index (χ0v) is 5.68. The zero-order chi connectivity index (χ0) is 6.54. The Hall–Kier alpha value is -0.340. The molecule has 1 aliphatic carbocycles. The van der Waals surface area contributed by atoms with Crippen molar-refractivity contribution < 1.29 is 9.78 Å². The molecule has 0 aromatic heterocycles. The molecule has 2 unspecified atom stereocenters. The Labute approximate surface area is 54.4 Å². The molecule has 2 aliphatic rings. The Bertz CT molecular complexity index is 158. The molecule has 0 aromatic rings. The van der Waals surface area contributed by atoms with Crippen molar-refractivity contribution in [3.63, 3.8) is 0 Å². The van der Waals surface area contributed by atoms with Crippen molar-refractivity contribution in [2.45, 2.75) is 31.5 Å². The number of hydrogen-bond acceptors (Lipinski definition) is 2. The summed E-state index contributed by atoms with van der Waals surface area (Å²) in [6.07, 6.45) is 5.09. The van der Waals surface area contributed by atoms with E-state index in [1.807, 2.05) is 13.8 Å². The molecule has 0 aromatic carbocycles. The van der Waals surface area contributed by atoms with Crippen molar-refractivity contribution in [3.05, 3.63) is 12.2 Å². The Morgan fingerprint density at radius 2 is 1.56 bits per heavy atom. The van der Waals surface area contributed by atoms with Gasteiger partial charge in [-0.3, -0.25) is 0 Å². The number of rotatable bonds is 0. The second kappa shape index (κ2) is 1.22. The van der Waals surface area contributed by atoms with E-state index in [2.05, 4.69) is 12.2 Å². The maximum atomic E-state index is 5.06. The smallest absolute Gasteiger partial charge is 0.122 e. The highest BCUT2D eigenvalue weighted by atomic mass is 17.2. The van der Waals surface area contributed by atoms with Crippen LogP contribution in [-0.2, 0) is 9.78 Å². The van der Waals surface area contributed by atoms with Crippen LogP contribution in [0.15, 0.2) is 12.2 Å². The SMILES string of the molecule is CC12C=CC(C)(C1)OO2. The predicted molar refractivity (Wildman–Crippen MR) is 32.7 cm³/mol. The predicted octanol–water partition coefficient (Wildman–Crippen LogP) is 1.43. The molecule has 2 atom stereocenters. The van der Waals surface area contributed by atoms with Gasteiger partial charge >= 0.3 is 0 Å². The van der Waals surface area contributed by atoms with Gasteiger partial charge in [0.1, 0.15) is 11.2 Å². The fourth-order valence-corrected chi connectivity index (χ4v) is 1.47. The third kappa shape index (κ3) is 0.635. The summed E-state index contributed by atoms with van der Waals surface area (Å²) in [7, 11) is 0. The quantitative estimate of drug-likeness (QED) is 0.361. The first-order valence-corrected chi connectivity index (χ1v) is 3.19. The summed E-state index contributed by atoms with van der Waals surface area (Å²) < 4.78 is 0. The molecular formula is C7H10O2. The molecule has 0 spiro atoms. The molecule has 2 bridgehead atoms. The van der Waals surface area contributed by atoms with Gasteiger partial charge < -0.3 is 0 Å². The minimum Gasteiger partial charge on any atom is -0.225 e. The number of fused-ring (bicyclic) bond motifs is 2. The minimum absolute atomic E-state index is 0.130. The molecular weight excluding hydrogens is 116 g/mol. The molecule has 9 heavy (non-hydrogen) atoms. The van der Waals surface area contributed by atoms with Crippen LogP contribution < -0.4 is 0 Å². The zero-order valence-electron chi connectivity index (χ0n) is 5.68. The lowest BCUT2D eigenvalue weighted by molar-refractivity contribution is -0.332. The standard InChI is InChI=1S/C7H10O2/c1-6-3-4-7(2,5-6)9-8-6/h3-4H,5H2,1-2H3. The van der Waals surface area contributed by atoms with Crippen molar-refractivity contribution in [1.82, 2.24) is 0 Å². The highest BCUT2D eigenvalue weighted by molar-refractivity contribution is 5.20. The van der Waals surface area contributed by atoms with E-state index in [1.54, 1.807) is 0 Å². The lowest BCUT2D eigenvalue weighted by atomic mass is 10.0. The molecule has 1 fully saturated rings. The van der Waals surface area contributed by atoms with Crippen molar-refractivity contribution in [2.75, 3.05) is 0 Å². The van der Waals surface area contributed by atoms with E-state index < -0.39 is 0 Å². The van der Waals surface area contributed by atoms with Crippen molar-refractivity contribution in [3.8, 4) is 0 Å². The van der Waals surface area contributed by atoms with E-state index in [0.717, 1.165) is 6.42 Å². The van der Waals surface area contributed by atoms with Gasteiger partial charge in [0.2, 0.25) is 0 Å². The molecule has 0 N–H and O–H groups in total. The van der Waals surface area contributed by atoms with E-state index in [0.29, 0.717) is 0 Å². The molecule has 1 heterocycles. The van der Waals surface area contributed by atoms with E-state index >= 15 is 0 Å². The molecule has 1 saturated heterocycles. The average Bonchev–Trinajstić information content (AvgIpc) is 2.19. The average molecular weight is 126 g/mol. The summed E-state index contributed by atoms with van der Waals surface area (Å²) in [5, 5.41) is 0. The molecule has 2 nitrogen and oxygen atoms in total. The fourth-order valence-electron chi connectivity index (χ4n) is 1.47. The van der Waals surface area contributed by atoms with Gasteiger partial charge in [-0.1, -0.05) is 12.2 Å². The van der Waals surface area contributed by atoms with E-state index in [9.17, 15) is 0 Å². The van der Waals surface area contributed by atoms with Crippen LogP contribution in [0.3, 0.4) is 0 Å². The first-order chi connectivity index (χ1) is 4.12. The maximum Gasteiger partial charge on any atom is 0.122 e. The second-order valence-corrected chi connectivity index (χ2v) is 3.30. The molecule has 2 heteroatoms. The summed E-state index contributed by atoms with van der Waals surface area (Å²) in [6, 6.07) is 0. The highest BCUT2D eigenvalue weighted by Crippen LogP contribution is 2.43. The van der Waals surface area contributed by atoms with Gasteiger partial charge in [0.05, 0.1) is 0 Å². The van der Waals surface area contributed by atoms with E-state index in [-0.39, 0.29) is 11.2 Å². The normalized spacial score (nSPS) is 54.9. The maximum absolute atomic E-state index is 5.06. The van der Waals surface area contributed by atoms with Crippen LogP contribution in [0, 0.1) is 0 Å². The van der Waals surface area contributed by atoms with Crippen LogP contribution in [-0.4, -0.2) is 11.2 Å². The molecule has 0 saturated carbocycles. The molecule has 0 radical (unpaired) electrons. The molecule has 2 rings (SSSR count). The topological polar surface area (TPSA) is 18.5 Å². The first kappa shape index (κ1) is 5.45. The third-order valence-electron chi connectivity index (χ3n) is 1.91. The van der Waals surface area contributed by atoms with Gasteiger partial charge in [-0.2, -0.15) is 0 Å². The van der Waals surface area contributed by atoms with Crippen LogP contribution in [0.25, 0.3) is 0 Å². The van der Waals surface area contributed by atoms with Gasteiger partial charge in [0, 0.05) is 6.42 Å². The van der Waals surface area contributed by atoms with Crippen molar-refractivity contribution in [1.29, 1.82) is 0 Å². The van der Waals surface area contributed by atoms with Gasteiger partial charge in [-0.15, -0.1) is 0 Å². The molecule has 0 amide bonds. The Balaban J connectivity index is 2.37. The summed E-state index contributed by atoms with van der Waals surface area (Å²) in [4.78, 5) is 10.1. The summed E-state index contributed by atoms with van der Waals surface area (Å²) in [6.45, 7) is 4.06. The summed E-state index contributed by atoms with van der Waals surface area (Å²) in [5.74, 6) is 0. The lowest BCUT2D eigenvalue weighted by Gasteiger charge is -2.15. The molecule has 1 aliphatic heterocycles. The van der Waals surface area contributed by atoms with Gasteiger partial charge in [0.25, 0.3) is 0 Å². The second-order valence-electron chi connectivity index (χ2n) is 3.30. The Morgan fingerprint density at radius 3 is 1.67 bits per heavy atom. The van der Waals surface area contributed by atoms with Crippen LogP contribution in [0.2, 0.25) is 0 Å². The van der Waals surface area contributed by atoms with E-state index in [4.69, 9.17) is 9.78 Å². The van der Waals surface area contributed by atoms with Gasteiger partial charge in [-0.25, -0.2) is 9.78 Å². The van der Waals surface area contributed by atoms with Gasteiger partial charge in [-0.05, 0) is 13.8 Å². The Kier molecular flexibility index (Phi) is 0.741. The third-order valence-corrected chi connectivity index (χ3v) is 1.91.